The highest BCUT2D eigenvalue weighted by Gasteiger charge is 2.46. The molecule has 0 saturated carbocycles. The third kappa shape index (κ3) is 4.58. The van der Waals surface area contributed by atoms with Gasteiger partial charge in [0.25, 0.3) is 0 Å². The number of sulfonamides is 1. The first kappa shape index (κ1) is 22.2. The molecule has 0 unspecified atom stereocenters. The summed E-state index contributed by atoms with van der Waals surface area (Å²) >= 11 is 0. The summed E-state index contributed by atoms with van der Waals surface area (Å²) in [6.07, 6.45) is 1.47. The average Bonchev–Trinajstić information content (AvgIpc) is 3.15. The minimum absolute atomic E-state index is 0.0382. The molecule has 5 rings (SSSR count). The molecule has 3 aliphatic rings. The summed E-state index contributed by atoms with van der Waals surface area (Å²) in [7, 11) is -3.41. The standard InChI is InChI=1S/C24H28N2O6S/c1-33(29,30)25-17-6-7-21-19(10-17)20-11-18(31-22(14-27)24(20)32-21)12-23(28)26-9-8-15-4-2-3-5-16(15)13-26/h2-7,10,18,20,22,24-25,27H,8-9,11-14H2,1H3/t18-,20-,22-,24+/m0/s1. The predicted octanol–water partition coefficient (Wildman–Crippen LogP) is 2.03. The summed E-state index contributed by atoms with van der Waals surface area (Å²) < 4.78 is 37.9. The van der Waals surface area contributed by atoms with Crippen molar-refractivity contribution < 1.29 is 27.8 Å². The van der Waals surface area contributed by atoms with Gasteiger partial charge >= 0.3 is 0 Å². The van der Waals surface area contributed by atoms with Crippen molar-refractivity contribution in [1.29, 1.82) is 0 Å². The van der Waals surface area contributed by atoms with Crippen molar-refractivity contribution in [2.45, 2.75) is 50.0 Å². The van der Waals surface area contributed by atoms with Crippen molar-refractivity contribution in [3.05, 3.63) is 59.2 Å². The highest BCUT2D eigenvalue weighted by atomic mass is 32.2. The first-order chi connectivity index (χ1) is 15.8. The third-order valence-corrected chi connectivity index (χ3v) is 7.29. The Hall–Kier alpha value is -2.62. The fourth-order valence-electron chi connectivity index (χ4n) is 5.20. The Morgan fingerprint density at radius 3 is 2.76 bits per heavy atom. The Bertz CT molecular complexity index is 1170. The second-order valence-corrected chi connectivity index (χ2v) is 10.8. The Balaban J connectivity index is 1.31. The van der Waals surface area contributed by atoms with Gasteiger partial charge in [0.2, 0.25) is 15.9 Å². The van der Waals surface area contributed by atoms with E-state index in [1.807, 2.05) is 17.0 Å². The minimum Gasteiger partial charge on any atom is -0.487 e. The summed E-state index contributed by atoms with van der Waals surface area (Å²) in [5.74, 6) is 0.606. The van der Waals surface area contributed by atoms with Crippen LogP contribution < -0.4 is 9.46 Å². The fourth-order valence-corrected chi connectivity index (χ4v) is 5.75. The highest BCUT2D eigenvalue weighted by molar-refractivity contribution is 7.92. The van der Waals surface area contributed by atoms with E-state index in [-0.39, 0.29) is 37.1 Å². The molecular weight excluding hydrogens is 444 g/mol. The molecule has 0 aliphatic carbocycles. The molecule has 3 heterocycles. The van der Waals surface area contributed by atoms with E-state index in [1.54, 1.807) is 18.2 Å². The summed E-state index contributed by atoms with van der Waals surface area (Å²) in [5.41, 5.74) is 3.81. The summed E-state index contributed by atoms with van der Waals surface area (Å²) in [4.78, 5) is 15.0. The smallest absolute Gasteiger partial charge is 0.229 e. The molecule has 2 N–H and O–H groups in total. The van der Waals surface area contributed by atoms with Crippen molar-refractivity contribution in [2.24, 2.45) is 0 Å². The van der Waals surface area contributed by atoms with E-state index in [9.17, 15) is 18.3 Å². The number of carbonyl (C=O) groups excluding carboxylic acids is 1. The van der Waals surface area contributed by atoms with Crippen LogP contribution >= 0.6 is 0 Å². The lowest BCUT2D eigenvalue weighted by molar-refractivity contribution is -0.149. The third-order valence-electron chi connectivity index (χ3n) is 6.69. The van der Waals surface area contributed by atoms with E-state index in [1.165, 1.54) is 11.1 Å². The maximum atomic E-state index is 13.1. The van der Waals surface area contributed by atoms with E-state index in [4.69, 9.17) is 9.47 Å². The number of aliphatic hydroxyl groups excluding tert-OH is 1. The van der Waals surface area contributed by atoms with E-state index in [2.05, 4.69) is 16.9 Å². The van der Waals surface area contributed by atoms with Crippen LogP contribution in [0.4, 0.5) is 5.69 Å². The normalized spacial score (nSPS) is 26.1. The number of amides is 1. The van der Waals surface area contributed by atoms with Crippen molar-refractivity contribution >= 4 is 21.6 Å². The summed E-state index contributed by atoms with van der Waals surface area (Å²) in [6.45, 7) is 1.07. The lowest BCUT2D eigenvalue weighted by Gasteiger charge is -2.38. The van der Waals surface area contributed by atoms with Crippen molar-refractivity contribution in [2.75, 3.05) is 24.1 Å². The van der Waals surface area contributed by atoms with Crippen LogP contribution in [0.5, 0.6) is 5.75 Å². The van der Waals surface area contributed by atoms with Crippen LogP contribution in [0, 0.1) is 0 Å². The number of rotatable bonds is 5. The van der Waals surface area contributed by atoms with Crippen LogP contribution in [-0.4, -0.2) is 62.1 Å². The molecular formula is C24H28N2O6S. The molecule has 2 aromatic rings. The summed E-state index contributed by atoms with van der Waals surface area (Å²) in [6, 6.07) is 13.4. The van der Waals surface area contributed by atoms with Gasteiger partial charge in [0.15, 0.2) is 0 Å². The number of benzene rings is 2. The van der Waals surface area contributed by atoms with Gasteiger partial charge in [0.1, 0.15) is 18.0 Å². The maximum Gasteiger partial charge on any atom is 0.229 e. The Kier molecular flexibility index (Phi) is 5.80. The lowest BCUT2D eigenvalue weighted by atomic mass is 9.84. The Morgan fingerprint density at radius 1 is 1.21 bits per heavy atom. The van der Waals surface area contributed by atoms with Gasteiger partial charge in [0.05, 0.1) is 25.4 Å². The molecule has 0 radical (unpaired) electrons. The molecule has 2 aromatic carbocycles. The van der Waals surface area contributed by atoms with Crippen LogP contribution in [0.25, 0.3) is 0 Å². The number of fused-ring (bicyclic) bond motifs is 4. The predicted molar refractivity (Wildman–Crippen MR) is 123 cm³/mol. The molecule has 1 amide bonds. The number of nitrogens with zero attached hydrogens (tertiary/aromatic N) is 1. The van der Waals surface area contributed by atoms with E-state index >= 15 is 0 Å². The van der Waals surface area contributed by atoms with E-state index in [0.29, 0.717) is 30.9 Å². The summed E-state index contributed by atoms with van der Waals surface area (Å²) in [5, 5.41) is 9.94. The number of hydrogen-bond acceptors (Lipinski definition) is 6. The first-order valence-corrected chi connectivity index (χ1v) is 13.1. The fraction of sp³-hybridized carbons (Fsp3) is 0.458. The van der Waals surface area contributed by atoms with Crippen LogP contribution in [0.2, 0.25) is 0 Å². The molecule has 0 spiro atoms. The second kappa shape index (κ2) is 8.62. The average molecular weight is 473 g/mol. The number of aliphatic hydroxyl groups is 1. The maximum absolute atomic E-state index is 13.1. The van der Waals surface area contributed by atoms with E-state index < -0.39 is 16.1 Å². The highest BCUT2D eigenvalue weighted by Crippen LogP contribution is 2.47. The van der Waals surface area contributed by atoms with Gasteiger partial charge < -0.3 is 19.5 Å². The number of ether oxygens (including phenoxy) is 2. The number of nitrogens with one attached hydrogen (secondary N) is 1. The molecule has 9 heteroatoms. The molecule has 1 saturated heterocycles. The van der Waals surface area contributed by atoms with Crippen LogP contribution in [0.1, 0.15) is 35.4 Å². The number of carbonyl (C=O) groups is 1. The van der Waals surface area contributed by atoms with Gasteiger partial charge in [0, 0.05) is 30.3 Å². The number of hydrogen-bond donors (Lipinski definition) is 2. The van der Waals surface area contributed by atoms with Gasteiger partial charge in [-0.2, -0.15) is 0 Å². The first-order valence-electron chi connectivity index (χ1n) is 11.2. The topological polar surface area (TPSA) is 105 Å². The van der Waals surface area contributed by atoms with Crippen molar-refractivity contribution in [3.8, 4) is 5.75 Å². The quantitative estimate of drug-likeness (QED) is 0.690. The number of anilines is 1. The van der Waals surface area contributed by atoms with Gasteiger partial charge in [-0.3, -0.25) is 9.52 Å². The monoisotopic (exact) mass is 472 g/mol. The molecule has 176 valence electrons. The Morgan fingerprint density at radius 2 is 2.00 bits per heavy atom. The largest absolute Gasteiger partial charge is 0.487 e. The van der Waals surface area contributed by atoms with Crippen molar-refractivity contribution in [1.82, 2.24) is 4.90 Å². The molecule has 0 aromatic heterocycles. The zero-order chi connectivity index (χ0) is 23.2. The zero-order valence-electron chi connectivity index (χ0n) is 18.4. The molecule has 1 fully saturated rings. The van der Waals surface area contributed by atoms with E-state index in [0.717, 1.165) is 18.2 Å². The van der Waals surface area contributed by atoms with Crippen molar-refractivity contribution in [3.63, 3.8) is 0 Å². The molecule has 4 atom stereocenters. The van der Waals surface area contributed by atoms with Gasteiger partial charge in [-0.05, 0) is 42.2 Å². The second-order valence-electron chi connectivity index (χ2n) is 9.07. The lowest BCUT2D eigenvalue weighted by Crippen LogP contribution is -2.48. The van der Waals surface area contributed by atoms with Gasteiger partial charge in [-0.15, -0.1) is 0 Å². The Labute approximate surface area is 193 Å². The zero-order valence-corrected chi connectivity index (χ0v) is 19.3. The molecule has 0 bridgehead atoms. The van der Waals surface area contributed by atoms with Gasteiger partial charge in [-0.25, -0.2) is 8.42 Å². The molecule has 3 aliphatic heterocycles. The van der Waals surface area contributed by atoms with Crippen LogP contribution in [0.3, 0.4) is 0 Å². The SMILES string of the molecule is CS(=O)(=O)Nc1ccc2c(c1)[C@@H]1C[C@@H](CC(=O)N3CCc4ccccc4C3)O[C@@H](CO)[C@@H]1O2. The van der Waals surface area contributed by atoms with Gasteiger partial charge in [-0.1, -0.05) is 24.3 Å². The van der Waals surface area contributed by atoms with Crippen LogP contribution in [0.15, 0.2) is 42.5 Å². The molecule has 33 heavy (non-hydrogen) atoms. The van der Waals surface area contributed by atoms with Crippen LogP contribution in [-0.2, 0) is 32.5 Å². The minimum atomic E-state index is -3.41. The molecule has 8 nitrogen and oxygen atoms in total.